The molecule has 3 aromatic carbocycles. The third-order valence-corrected chi connectivity index (χ3v) is 8.76. The number of nitrogens with one attached hydrogen (secondary N) is 1. The van der Waals surface area contributed by atoms with Gasteiger partial charge in [0.2, 0.25) is 11.8 Å². The van der Waals surface area contributed by atoms with Crippen LogP contribution in [0, 0.1) is 17.0 Å². The van der Waals surface area contributed by atoms with Gasteiger partial charge in [-0.2, -0.15) is 0 Å². The number of halogens is 2. The summed E-state index contributed by atoms with van der Waals surface area (Å²) in [5.41, 5.74) is 0.419. The number of nitro benzene ring substituents is 1. The average Bonchev–Trinajstić information content (AvgIpc) is 2.94. The molecule has 0 spiro atoms. The zero-order valence-corrected chi connectivity index (χ0v) is 26.5. The van der Waals surface area contributed by atoms with Crippen molar-refractivity contribution in [3.05, 3.63) is 92.0 Å². The minimum atomic E-state index is -4.62. The Morgan fingerprint density at radius 2 is 1.63 bits per heavy atom. The van der Waals surface area contributed by atoms with Crippen molar-refractivity contribution in [1.82, 2.24) is 10.2 Å². The van der Waals surface area contributed by atoms with E-state index in [9.17, 15) is 28.1 Å². The number of amides is 2. The first-order valence-corrected chi connectivity index (χ1v) is 15.3. The monoisotopic (exact) mass is 650 g/mol. The Balaban J connectivity index is 2.16. The van der Waals surface area contributed by atoms with Crippen LogP contribution >= 0.6 is 23.2 Å². The number of nitro groups is 1. The first-order valence-electron chi connectivity index (χ1n) is 13.1. The van der Waals surface area contributed by atoms with E-state index in [2.05, 4.69) is 5.32 Å². The number of aryl methyl sites for hydroxylation is 1. The van der Waals surface area contributed by atoms with Crippen LogP contribution in [0.1, 0.15) is 31.9 Å². The summed E-state index contributed by atoms with van der Waals surface area (Å²) in [6, 6.07) is 13.1. The molecule has 0 aromatic heterocycles. The molecule has 0 saturated carbocycles. The second-order valence-corrected chi connectivity index (χ2v) is 12.8. The molecule has 0 fully saturated rings. The number of hydrogen-bond acceptors (Lipinski definition) is 7. The predicted octanol–water partition coefficient (Wildman–Crippen LogP) is 5.36. The number of hydrogen-bond donors (Lipinski definition) is 1. The molecule has 43 heavy (non-hydrogen) atoms. The normalized spacial score (nSPS) is 12.0. The molecular weight excluding hydrogens is 619 g/mol. The molecule has 0 heterocycles. The zero-order chi connectivity index (χ0) is 32.1. The van der Waals surface area contributed by atoms with Gasteiger partial charge in [0.05, 0.1) is 22.6 Å². The van der Waals surface area contributed by atoms with Gasteiger partial charge in [0.25, 0.3) is 15.7 Å². The molecule has 3 aromatic rings. The highest BCUT2D eigenvalue weighted by molar-refractivity contribution is 7.92. The number of carbonyl (C=O) groups is 2. The van der Waals surface area contributed by atoms with Crippen LogP contribution in [0.4, 0.5) is 11.4 Å². The van der Waals surface area contributed by atoms with E-state index in [-0.39, 0.29) is 34.6 Å². The van der Waals surface area contributed by atoms with Crippen molar-refractivity contribution in [2.45, 2.75) is 51.2 Å². The van der Waals surface area contributed by atoms with E-state index in [4.69, 9.17) is 27.9 Å². The third-order valence-electron chi connectivity index (χ3n) is 6.52. The molecule has 2 amide bonds. The zero-order valence-electron chi connectivity index (χ0n) is 24.2. The van der Waals surface area contributed by atoms with Gasteiger partial charge in [-0.25, -0.2) is 8.42 Å². The molecule has 0 aliphatic heterocycles. The van der Waals surface area contributed by atoms with Gasteiger partial charge in [-0.15, -0.1) is 0 Å². The summed E-state index contributed by atoms with van der Waals surface area (Å²) in [4.78, 5) is 38.8. The van der Waals surface area contributed by atoms with Gasteiger partial charge < -0.3 is 15.0 Å². The lowest BCUT2D eigenvalue weighted by atomic mass is 10.1. The lowest BCUT2D eigenvalue weighted by Crippen LogP contribution is -2.52. The highest BCUT2D eigenvalue weighted by Crippen LogP contribution is 2.36. The number of nitrogens with zero attached hydrogens (tertiary/aromatic N) is 3. The molecule has 0 bridgehead atoms. The SMILES string of the molecule is COc1ccc(Cl)cc1N(CC(=O)N(Cc1ccc(Cl)cc1)[C@H](C)C(=O)NC(C)C)S(=O)(=O)c1ccc(C)c([N+](=O)[O-])c1. The van der Waals surface area contributed by atoms with Gasteiger partial charge >= 0.3 is 0 Å². The van der Waals surface area contributed by atoms with Crippen LogP contribution in [-0.4, -0.2) is 55.8 Å². The minimum Gasteiger partial charge on any atom is -0.495 e. The Morgan fingerprint density at radius 1 is 1.00 bits per heavy atom. The van der Waals surface area contributed by atoms with Crippen LogP contribution in [0.5, 0.6) is 5.75 Å². The number of carbonyl (C=O) groups excluding carboxylic acids is 2. The Hall–Kier alpha value is -3.87. The van der Waals surface area contributed by atoms with Crippen molar-refractivity contribution < 1.29 is 27.7 Å². The van der Waals surface area contributed by atoms with Crippen molar-refractivity contribution in [2.75, 3.05) is 18.0 Å². The number of anilines is 1. The Kier molecular flexibility index (Phi) is 11.0. The number of sulfonamides is 1. The number of rotatable bonds is 12. The Morgan fingerprint density at radius 3 is 2.21 bits per heavy atom. The standard InChI is InChI=1S/C29H32Cl2N4O7S/c1-18(2)32-29(37)20(4)33(16-21-7-9-22(30)10-8-21)28(36)17-34(26-14-23(31)11-13-27(26)42-5)43(40,41)24-12-6-19(3)25(15-24)35(38)39/h6-15,18,20H,16-17H2,1-5H3,(H,32,37)/t20-/m1/s1. The van der Waals surface area contributed by atoms with E-state index in [1.807, 2.05) is 0 Å². The smallest absolute Gasteiger partial charge is 0.273 e. The van der Waals surface area contributed by atoms with Crippen LogP contribution in [-0.2, 0) is 26.2 Å². The van der Waals surface area contributed by atoms with Crippen molar-refractivity contribution in [1.29, 1.82) is 0 Å². The Bertz CT molecular complexity index is 1620. The van der Waals surface area contributed by atoms with Crippen LogP contribution in [0.15, 0.2) is 65.6 Å². The van der Waals surface area contributed by atoms with Crippen molar-refractivity contribution >= 4 is 56.4 Å². The molecule has 0 aliphatic carbocycles. The third kappa shape index (κ3) is 8.15. The highest BCUT2D eigenvalue weighted by Gasteiger charge is 2.35. The van der Waals surface area contributed by atoms with Crippen molar-refractivity contribution in [2.24, 2.45) is 0 Å². The summed E-state index contributed by atoms with van der Waals surface area (Å²) >= 11 is 12.3. The van der Waals surface area contributed by atoms with Crippen LogP contribution in [0.3, 0.4) is 0 Å². The number of benzene rings is 3. The quantitative estimate of drug-likeness (QED) is 0.206. The van der Waals surface area contributed by atoms with E-state index in [0.717, 1.165) is 10.4 Å². The van der Waals surface area contributed by atoms with Gasteiger partial charge in [0, 0.05) is 34.3 Å². The lowest BCUT2D eigenvalue weighted by Gasteiger charge is -2.32. The van der Waals surface area contributed by atoms with Gasteiger partial charge in [-0.3, -0.25) is 24.0 Å². The summed E-state index contributed by atoms with van der Waals surface area (Å²) < 4.78 is 34.5. The van der Waals surface area contributed by atoms with Crippen LogP contribution in [0.2, 0.25) is 10.0 Å². The fourth-order valence-corrected chi connectivity index (χ4v) is 5.95. The summed E-state index contributed by atoms with van der Waals surface area (Å²) in [7, 11) is -3.30. The number of methoxy groups -OCH3 is 1. The molecular formula is C29H32Cl2N4O7S. The summed E-state index contributed by atoms with van der Waals surface area (Å²) in [6.45, 7) is 5.74. The van der Waals surface area contributed by atoms with Gasteiger partial charge in [0.1, 0.15) is 18.3 Å². The molecule has 1 N–H and O–H groups in total. The van der Waals surface area contributed by atoms with E-state index < -0.39 is 49.9 Å². The maximum atomic E-state index is 14.1. The molecule has 230 valence electrons. The first-order chi connectivity index (χ1) is 20.1. The van der Waals surface area contributed by atoms with E-state index in [0.29, 0.717) is 10.6 Å². The van der Waals surface area contributed by atoms with Crippen molar-refractivity contribution in [3.8, 4) is 5.75 Å². The van der Waals surface area contributed by atoms with Crippen LogP contribution in [0.25, 0.3) is 0 Å². The lowest BCUT2D eigenvalue weighted by molar-refractivity contribution is -0.385. The fourth-order valence-electron chi connectivity index (χ4n) is 4.22. The first kappa shape index (κ1) is 33.6. The molecule has 0 saturated heterocycles. The summed E-state index contributed by atoms with van der Waals surface area (Å²) in [5.74, 6) is -1.09. The Labute approximate surface area is 260 Å². The molecule has 0 unspecified atom stereocenters. The minimum absolute atomic E-state index is 0.0424. The maximum Gasteiger partial charge on any atom is 0.273 e. The number of ether oxygens (including phenoxy) is 1. The maximum absolute atomic E-state index is 14.1. The molecule has 1 atom stereocenters. The van der Waals surface area contributed by atoms with Gasteiger partial charge in [-0.05, 0) is 69.7 Å². The molecule has 14 heteroatoms. The van der Waals surface area contributed by atoms with E-state index >= 15 is 0 Å². The second kappa shape index (κ2) is 14.1. The molecule has 0 aliphatic rings. The van der Waals surface area contributed by atoms with Crippen molar-refractivity contribution in [3.63, 3.8) is 0 Å². The second-order valence-electron chi connectivity index (χ2n) is 10.0. The molecule has 11 nitrogen and oxygen atoms in total. The highest BCUT2D eigenvalue weighted by atomic mass is 35.5. The average molecular weight is 652 g/mol. The largest absolute Gasteiger partial charge is 0.495 e. The van der Waals surface area contributed by atoms with Gasteiger partial charge in [0.15, 0.2) is 0 Å². The topological polar surface area (TPSA) is 139 Å². The van der Waals surface area contributed by atoms with Crippen LogP contribution < -0.4 is 14.4 Å². The molecule has 0 radical (unpaired) electrons. The van der Waals surface area contributed by atoms with E-state index in [1.165, 1.54) is 56.2 Å². The predicted molar refractivity (Wildman–Crippen MR) is 165 cm³/mol. The summed E-state index contributed by atoms with van der Waals surface area (Å²) in [5, 5.41) is 15.0. The van der Waals surface area contributed by atoms with Gasteiger partial charge in [-0.1, -0.05) is 41.4 Å². The molecule has 3 rings (SSSR count). The summed E-state index contributed by atoms with van der Waals surface area (Å²) in [6.07, 6.45) is 0. The fraction of sp³-hybridized carbons (Fsp3) is 0.310. The van der Waals surface area contributed by atoms with E-state index in [1.54, 1.807) is 38.1 Å².